The van der Waals surface area contributed by atoms with Crippen molar-refractivity contribution in [3.8, 4) is 0 Å². The molecule has 1 saturated carbocycles. The third-order valence-electron chi connectivity index (χ3n) is 6.99. The van der Waals surface area contributed by atoms with Gasteiger partial charge in [-0.15, -0.1) is 0 Å². The molecule has 1 amide bonds. The smallest absolute Gasteiger partial charge is 0.237 e. The maximum atomic E-state index is 13.7. The largest absolute Gasteiger partial charge is 0.391 e. The van der Waals surface area contributed by atoms with Gasteiger partial charge in [0.05, 0.1) is 17.2 Å². The van der Waals surface area contributed by atoms with E-state index < -0.39 is 5.82 Å². The number of likely N-dealkylation sites (tertiary alicyclic amines) is 1. The van der Waals surface area contributed by atoms with Gasteiger partial charge in [-0.05, 0) is 62.3 Å². The molecule has 0 bridgehead atoms. The Balaban J connectivity index is 1.51. The van der Waals surface area contributed by atoms with Crippen LogP contribution in [0.3, 0.4) is 0 Å². The maximum Gasteiger partial charge on any atom is 0.237 e. The molecule has 1 aromatic carbocycles. The molecule has 1 unspecified atom stereocenters. The Kier molecular flexibility index (Phi) is 5.67. The highest BCUT2D eigenvalue weighted by Gasteiger charge is 2.51. The average Bonchev–Trinajstić information content (AvgIpc) is 3.45. The van der Waals surface area contributed by atoms with Crippen LogP contribution >= 0.6 is 11.6 Å². The van der Waals surface area contributed by atoms with Gasteiger partial charge in [0, 0.05) is 32.2 Å². The number of piperidine rings is 1. The Morgan fingerprint density at radius 1 is 1.36 bits per heavy atom. The minimum atomic E-state index is -0.416. The van der Waals surface area contributed by atoms with Crippen LogP contribution in [0.1, 0.15) is 44.2 Å². The van der Waals surface area contributed by atoms with Crippen LogP contribution in [0.15, 0.2) is 18.2 Å². The van der Waals surface area contributed by atoms with E-state index in [0.29, 0.717) is 13.1 Å². The second-order valence-corrected chi connectivity index (χ2v) is 9.01. The molecule has 154 valence electrons. The molecule has 1 aromatic rings. The summed E-state index contributed by atoms with van der Waals surface area (Å²) in [7, 11) is 0. The summed E-state index contributed by atoms with van der Waals surface area (Å²) >= 11 is 6.07. The Morgan fingerprint density at radius 3 is 2.82 bits per heavy atom. The van der Waals surface area contributed by atoms with Crippen LogP contribution in [0.5, 0.6) is 0 Å². The van der Waals surface area contributed by atoms with Gasteiger partial charge >= 0.3 is 0 Å². The molecule has 1 aliphatic carbocycles. The molecule has 3 aliphatic rings. The van der Waals surface area contributed by atoms with E-state index in [-0.39, 0.29) is 34.5 Å². The normalized spacial score (nSPS) is 28.9. The van der Waals surface area contributed by atoms with Gasteiger partial charge < -0.3 is 10.4 Å². The number of amides is 1. The van der Waals surface area contributed by atoms with Crippen LogP contribution in [0, 0.1) is 11.2 Å². The van der Waals surface area contributed by atoms with Crippen LogP contribution in [0.25, 0.3) is 0 Å². The summed E-state index contributed by atoms with van der Waals surface area (Å²) in [6.45, 7) is 5.75. The highest BCUT2D eigenvalue weighted by atomic mass is 35.5. The van der Waals surface area contributed by atoms with E-state index in [4.69, 9.17) is 11.6 Å². The number of β-amino-alcohol motifs (C(OH)–C–C–N with tert-alkyl or cyclic N) is 1. The summed E-state index contributed by atoms with van der Waals surface area (Å²) in [5.74, 6) is -0.349. The van der Waals surface area contributed by atoms with Crippen LogP contribution in [0.2, 0.25) is 5.02 Å². The summed E-state index contributed by atoms with van der Waals surface area (Å²) in [5.41, 5.74) is 1.11. The first-order valence-electron chi connectivity index (χ1n) is 10.3. The van der Waals surface area contributed by atoms with Gasteiger partial charge in [0.1, 0.15) is 5.82 Å². The van der Waals surface area contributed by atoms with Crippen molar-refractivity contribution >= 4 is 17.5 Å². The molecule has 28 heavy (non-hydrogen) atoms. The zero-order valence-corrected chi connectivity index (χ0v) is 17.1. The molecule has 1 spiro atoms. The summed E-state index contributed by atoms with van der Waals surface area (Å²) in [6.07, 6.45) is 3.74. The van der Waals surface area contributed by atoms with E-state index in [9.17, 15) is 14.3 Å². The number of hydrogen-bond acceptors (Lipinski definition) is 4. The predicted molar refractivity (Wildman–Crippen MR) is 107 cm³/mol. The van der Waals surface area contributed by atoms with Gasteiger partial charge in [-0.1, -0.05) is 17.7 Å². The highest BCUT2D eigenvalue weighted by Crippen LogP contribution is 2.54. The molecule has 2 N–H and O–H groups in total. The Hall–Kier alpha value is -1.21. The number of carbonyl (C=O) groups is 1. The molecule has 3 atom stereocenters. The van der Waals surface area contributed by atoms with Crippen LogP contribution in [0.4, 0.5) is 4.39 Å². The van der Waals surface area contributed by atoms with Gasteiger partial charge in [-0.2, -0.15) is 0 Å². The van der Waals surface area contributed by atoms with Crippen molar-refractivity contribution in [3.63, 3.8) is 0 Å². The Bertz CT molecular complexity index is 742. The number of carbonyl (C=O) groups excluding carboxylic acids is 1. The third-order valence-corrected chi connectivity index (χ3v) is 7.28. The average molecular weight is 410 g/mol. The van der Waals surface area contributed by atoms with Crippen molar-refractivity contribution in [2.24, 2.45) is 5.41 Å². The summed E-state index contributed by atoms with van der Waals surface area (Å²) in [6, 6.07) is 4.83. The molecule has 7 heteroatoms. The Labute approximate surface area is 170 Å². The first-order chi connectivity index (χ1) is 13.4. The summed E-state index contributed by atoms with van der Waals surface area (Å²) < 4.78 is 13.7. The standard InChI is InChI=1S/C21H29ClFN3O2/c1-14-20(28)24-8-11-25(14)9-4-18(15-2-3-17(23)16(22)12-15)26-10-7-21(5-6-21)19(27)13-26/h2-3,12,14,18-19,27H,4-11,13H2,1H3,(H,24,28)/t14-,18?,19+/m0/s1. The molecular weight excluding hydrogens is 381 g/mol. The molecule has 3 fully saturated rings. The van der Waals surface area contributed by atoms with Crippen molar-refractivity contribution in [1.29, 1.82) is 0 Å². The fourth-order valence-corrected chi connectivity index (χ4v) is 4.96. The lowest BCUT2D eigenvalue weighted by atomic mass is 9.88. The van der Waals surface area contributed by atoms with Crippen molar-refractivity contribution in [3.05, 3.63) is 34.6 Å². The number of hydrogen-bond donors (Lipinski definition) is 2. The van der Waals surface area contributed by atoms with E-state index in [2.05, 4.69) is 15.1 Å². The quantitative estimate of drug-likeness (QED) is 0.784. The minimum absolute atomic E-state index is 0.0426. The van der Waals surface area contributed by atoms with Gasteiger partial charge in [0.25, 0.3) is 0 Å². The topological polar surface area (TPSA) is 55.8 Å². The van der Waals surface area contributed by atoms with Crippen molar-refractivity contribution in [1.82, 2.24) is 15.1 Å². The van der Waals surface area contributed by atoms with Crippen LogP contribution < -0.4 is 5.32 Å². The number of nitrogens with zero attached hydrogens (tertiary/aromatic N) is 2. The lowest BCUT2D eigenvalue weighted by Crippen LogP contribution is -2.54. The number of aliphatic hydroxyl groups is 1. The fraction of sp³-hybridized carbons (Fsp3) is 0.667. The van der Waals surface area contributed by atoms with Crippen molar-refractivity contribution in [2.45, 2.75) is 50.8 Å². The first-order valence-corrected chi connectivity index (χ1v) is 10.7. The molecule has 5 nitrogen and oxygen atoms in total. The van der Waals surface area contributed by atoms with Crippen molar-refractivity contribution in [2.75, 3.05) is 32.7 Å². The third kappa shape index (κ3) is 3.92. The molecule has 0 radical (unpaired) electrons. The van der Waals surface area contributed by atoms with E-state index in [1.807, 2.05) is 6.92 Å². The first kappa shape index (κ1) is 20.1. The van der Waals surface area contributed by atoms with E-state index >= 15 is 0 Å². The number of halogens is 2. The predicted octanol–water partition coefficient (Wildman–Crippen LogP) is 2.58. The highest BCUT2D eigenvalue weighted by molar-refractivity contribution is 6.30. The van der Waals surface area contributed by atoms with E-state index in [0.717, 1.165) is 50.9 Å². The van der Waals surface area contributed by atoms with E-state index in [1.165, 1.54) is 6.07 Å². The molecule has 2 aliphatic heterocycles. The molecule has 2 heterocycles. The van der Waals surface area contributed by atoms with Gasteiger partial charge in [-0.25, -0.2) is 4.39 Å². The molecule has 4 rings (SSSR count). The van der Waals surface area contributed by atoms with Crippen molar-refractivity contribution < 1.29 is 14.3 Å². The fourth-order valence-electron chi connectivity index (χ4n) is 4.77. The lowest BCUT2D eigenvalue weighted by Gasteiger charge is -2.42. The molecule has 0 aromatic heterocycles. The van der Waals surface area contributed by atoms with Gasteiger partial charge in [0.2, 0.25) is 5.91 Å². The summed E-state index contributed by atoms with van der Waals surface area (Å²) in [5, 5.41) is 13.7. The number of aliphatic hydroxyl groups excluding tert-OH is 1. The second-order valence-electron chi connectivity index (χ2n) is 8.60. The number of rotatable bonds is 5. The zero-order valence-electron chi connectivity index (χ0n) is 16.3. The second kappa shape index (κ2) is 7.90. The van der Waals surface area contributed by atoms with Gasteiger partial charge in [-0.3, -0.25) is 14.6 Å². The number of benzene rings is 1. The monoisotopic (exact) mass is 409 g/mol. The van der Waals surface area contributed by atoms with Gasteiger partial charge in [0.15, 0.2) is 0 Å². The SMILES string of the molecule is C[C@H]1C(=O)NCCN1CCC(c1ccc(F)c(Cl)c1)N1CCC2(CC2)[C@H](O)C1. The van der Waals surface area contributed by atoms with E-state index in [1.54, 1.807) is 12.1 Å². The van der Waals surface area contributed by atoms with Crippen LogP contribution in [-0.4, -0.2) is 65.7 Å². The van der Waals surface area contributed by atoms with Crippen LogP contribution in [-0.2, 0) is 4.79 Å². The Morgan fingerprint density at radius 2 is 2.14 bits per heavy atom. The number of nitrogens with one attached hydrogen (secondary N) is 1. The number of piperazine rings is 1. The summed E-state index contributed by atoms with van der Waals surface area (Å²) in [4.78, 5) is 16.5. The maximum absolute atomic E-state index is 13.7. The zero-order chi connectivity index (χ0) is 19.9. The molecule has 2 saturated heterocycles. The minimum Gasteiger partial charge on any atom is -0.391 e. The lowest BCUT2D eigenvalue weighted by molar-refractivity contribution is -0.128. The molecular formula is C21H29ClFN3O2.